The maximum Gasteiger partial charge on any atom is 0.227 e. The number of hydrogen-bond donors (Lipinski definition) is 1. The Bertz CT molecular complexity index is 1320. The summed E-state index contributed by atoms with van der Waals surface area (Å²) in [6, 6.07) is 24.7. The topological polar surface area (TPSA) is 59.4 Å². The minimum absolute atomic E-state index is 0.0460. The predicted molar refractivity (Wildman–Crippen MR) is 144 cm³/mol. The Hall–Kier alpha value is -3.64. The van der Waals surface area contributed by atoms with Crippen LogP contribution in [0, 0.1) is 5.92 Å². The number of nitrogens with zero attached hydrogens (tertiary/aromatic N) is 3. The van der Waals surface area contributed by atoms with Gasteiger partial charge in [0.2, 0.25) is 5.91 Å². The summed E-state index contributed by atoms with van der Waals surface area (Å²) in [5.41, 5.74) is 5.51. The third-order valence-corrected chi connectivity index (χ3v) is 7.16. The van der Waals surface area contributed by atoms with Crippen LogP contribution in [0.25, 0.3) is 11.0 Å². The Kier molecular flexibility index (Phi) is 7.33. The van der Waals surface area contributed by atoms with E-state index in [9.17, 15) is 4.79 Å². The van der Waals surface area contributed by atoms with E-state index in [1.165, 1.54) is 11.1 Å². The fourth-order valence-electron chi connectivity index (χ4n) is 5.00. The molecule has 0 aliphatic carbocycles. The van der Waals surface area contributed by atoms with Gasteiger partial charge in [-0.2, -0.15) is 0 Å². The average Bonchev–Trinajstić information content (AvgIpc) is 3.26. The second kappa shape index (κ2) is 11.0. The van der Waals surface area contributed by atoms with Gasteiger partial charge in [-0.25, -0.2) is 4.98 Å². The molecule has 0 bridgehead atoms. The van der Waals surface area contributed by atoms with Crippen LogP contribution in [-0.2, 0) is 24.3 Å². The van der Waals surface area contributed by atoms with Crippen LogP contribution in [0.5, 0.6) is 5.75 Å². The van der Waals surface area contributed by atoms with Crippen molar-refractivity contribution in [2.45, 2.75) is 39.3 Å². The van der Waals surface area contributed by atoms with Crippen LogP contribution in [0.1, 0.15) is 36.7 Å². The normalized spacial score (nSPS) is 14.7. The Labute approximate surface area is 212 Å². The van der Waals surface area contributed by atoms with Crippen molar-refractivity contribution >= 4 is 22.6 Å². The number of piperidine rings is 1. The van der Waals surface area contributed by atoms with Crippen LogP contribution in [0.2, 0.25) is 0 Å². The summed E-state index contributed by atoms with van der Waals surface area (Å²) in [6.07, 6.45) is 2.68. The molecular formula is C30H34N4O2. The van der Waals surface area contributed by atoms with Crippen molar-refractivity contribution in [2.24, 2.45) is 5.92 Å². The van der Waals surface area contributed by atoms with Gasteiger partial charge < -0.3 is 14.6 Å². The number of likely N-dealkylation sites (tertiary alicyclic amines) is 1. The van der Waals surface area contributed by atoms with E-state index in [1.54, 1.807) is 7.11 Å². The van der Waals surface area contributed by atoms with Crippen molar-refractivity contribution in [2.75, 3.05) is 25.5 Å². The highest BCUT2D eigenvalue weighted by Crippen LogP contribution is 2.24. The van der Waals surface area contributed by atoms with Crippen LogP contribution < -0.4 is 10.1 Å². The number of para-hydroxylation sites is 2. The molecule has 1 saturated heterocycles. The first-order chi connectivity index (χ1) is 17.6. The van der Waals surface area contributed by atoms with Crippen molar-refractivity contribution in [3.05, 3.63) is 89.7 Å². The van der Waals surface area contributed by atoms with E-state index in [4.69, 9.17) is 9.72 Å². The molecule has 0 atom stereocenters. The summed E-state index contributed by atoms with van der Waals surface area (Å²) in [7, 11) is 1.69. The molecule has 5 rings (SSSR count). The van der Waals surface area contributed by atoms with Gasteiger partial charge in [0.25, 0.3) is 0 Å². The molecule has 4 aromatic rings. The maximum atomic E-state index is 12.9. The minimum atomic E-state index is 0.0460. The number of aromatic nitrogens is 2. The number of rotatable bonds is 8. The monoisotopic (exact) mass is 482 g/mol. The van der Waals surface area contributed by atoms with Crippen LogP contribution in [0.3, 0.4) is 0 Å². The second-order valence-corrected chi connectivity index (χ2v) is 9.54. The van der Waals surface area contributed by atoms with E-state index in [-0.39, 0.29) is 11.8 Å². The maximum absolute atomic E-state index is 12.9. The molecule has 6 nitrogen and oxygen atoms in total. The van der Waals surface area contributed by atoms with Gasteiger partial charge in [-0.3, -0.25) is 9.69 Å². The first kappa shape index (κ1) is 24.1. The van der Waals surface area contributed by atoms with Gasteiger partial charge in [0, 0.05) is 18.2 Å². The molecule has 0 radical (unpaired) electrons. The Morgan fingerprint density at radius 1 is 0.972 bits per heavy atom. The van der Waals surface area contributed by atoms with Gasteiger partial charge in [-0.1, -0.05) is 43.3 Å². The molecule has 1 fully saturated rings. The highest BCUT2D eigenvalue weighted by molar-refractivity contribution is 5.92. The number of hydrogen-bond acceptors (Lipinski definition) is 4. The number of methoxy groups -OCH3 is 1. The Morgan fingerprint density at radius 3 is 2.50 bits per heavy atom. The number of benzene rings is 3. The van der Waals surface area contributed by atoms with Crippen molar-refractivity contribution < 1.29 is 9.53 Å². The lowest BCUT2D eigenvalue weighted by Crippen LogP contribution is -2.38. The molecule has 0 saturated carbocycles. The summed E-state index contributed by atoms with van der Waals surface area (Å²) in [5, 5.41) is 3.13. The van der Waals surface area contributed by atoms with Gasteiger partial charge in [0.05, 0.1) is 24.7 Å². The summed E-state index contributed by atoms with van der Waals surface area (Å²) in [6.45, 7) is 5.44. The van der Waals surface area contributed by atoms with Gasteiger partial charge in [0.15, 0.2) is 0 Å². The smallest absolute Gasteiger partial charge is 0.227 e. The van der Waals surface area contributed by atoms with E-state index in [0.29, 0.717) is 0 Å². The highest BCUT2D eigenvalue weighted by atomic mass is 16.5. The van der Waals surface area contributed by atoms with E-state index in [0.717, 1.165) is 73.7 Å². The quantitative estimate of drug-likeness (QED) is 0.360. The number of amides is 1. The van der Waals surface area contributed by atoms with Crippen LogP contribution >= 0.6 is 0 Å². The van der Waals surface area contributed by atoms with Gasteiger partial charge in [-0.15, -0.1) is 0 Å². The third kappa shape index (κ3) is 5.44. The molecule has 2 heterocycles. The highest BCUT2D eigenvalue weighted by Gasteiger charge is 2.26. The summed E-state index contributed by atoms with van der Waals surface area (Å²) in [5.74, 6) is 2.10. The SMILES string of the molecule is CCc1cccc(NC(=O)C2CCN(Cc3nc4ccccc4n3Cc3ccc(OC)cc3)CC2)c1. The van der Waals surface area contributed by atoms with Crippen molar-refractivity contribution in [1.82, 2.24) is 14.5 Å². The number of carbonyl (C=O) groups is 1. The number of aryl methyl sites for hydroxylation is 1. The Morgan fingerprint density at radius 2 is 1.75 bits per heavy atom. The standard InChI is InChI=1S/C30H34N4O2/c1-3-22-7-6-8-25(19-22)31-30(35)24-15-17-33(18-16-24)21-29-32-27-9-4-5-10-28(27)34(29)20-23-11-13-26(36-2)14-12-23/h4-14,19,24H,3,15-18,20-21H2,1-2H3,(H,31,35). The molecule has 1 aliphatic rings. The van der Waals surface area contributed by atoms with Gasteiger partial charge in [0.1, 0.15) is 11.6 Å². The zero-order chi connectivity index (χ0) is 24.9. The number of anilines is 1. The van der Waals surface area contributed by atoms with Gasteiger partial charge >= 0.3 is 0 Å². The molecule has 3 aromatic carbocycles. The summed E-state index contributed by atoms with van der Waals surface area (Å²) >= 11 is 0. The lowest BCUT2D eigenvalue weighted by molar-refractivity contribution is -0.121. The average molecular weight is 483 g/mol. The first-order valence-electron chi connectivity index (χ1n) is 12.8. The zero-order valence-corrected chi connectivity index (χ0v) is 21.1. The summed E-state index contributed by atoms with van der Waals surface area (Å²) in [4.78, 5) is 20.3. The van der Waals surface area contributed by atoms with Gasteiger partial charge in [-0.05, 0) is 79.9 Å². The predicted octanol–water partition coefficient (Wildman–Crippen LogP) is 5.51. The van der Waals surface area contributed by atoms with Crippen molar-refractivity contribution in [1.29, 1.82) is 0 Å². The lowest BCUT2D eigenvalue weighted by Gasteiger charge is -2.31. The molecule has 6 heteroatoms. The van der Waals surface area contributed by atoms with Crippen molar-refractivity contribution in [3.8, 4) is 5.75 Å². The third-order valence-electron chi connectivity index (χ3n) is 7.16. The zero-order valence-electron chi connectivity index (χ0n) is 21.1. The fourth-order valence-corrected chi connectivity index (χ4v) is 5.00. The first-order valence-corrected chi connectivity index (χ1v) is 12.8. The Balaban J connectivity index is 1.25. The molecule has 0 unspecified atom stereocenters. The van der Waals surface area contributed by atoms with E-state index in [2.05, 4.69) is 64.2 Å². The molecule has 1 aromatic heterocycles. The molecule has 1 aliphatic heterocycles. The van der Waals surface area contributed by atoms with E-state index >= 15 is 0 Å². The molecule has 0 spiro atoms. The van der Waals surface area contributed by atoms with Crippen LogP contribution in [0.15, 0.2) is 72.8 Å². The van der Waals surface area contributed by atoms with Crippen molar-refractivity contribution in [3.63, 3.8) is 0 Å². The lowest BCUT2D eigenvalue weighted by atomic mass is 9.95. The molecule has 36 heavy (non-hydrogen) atoms. The molecule has 1 N–H and O–H groups in total. The molecular weight excluding hydrogens is 448 g/mol. The van der Waals surface area contributed by atoms with Crippen LogP contribution in [0.4, 0.5) is 5.69 Å². The number of fused-ring (bicyclic) bond motifs is 1. The fraction of sp³-hybridized carbons (Fsp3) is 0.333. The molecule has 186 valence electrons. The van der Waals surface area contributed by atoms with E-state index < -0.39 is 0 Å². The number of ether oxygens (including phenoxy) is 1. The van der Waals surface area contributed by atoms with E-state index in [1.807, 2.05) is 30.3 Å². The number of carbonyl (C=O) groups excluding carboxylic acids is 1. The number of nitrogens with one attached hydrogen (secondary N) is 1. The van der Waals surface area contributed by atoms with Crippen LogP contribution in [-0.4, -0.2) is 40.6 Å². The summed E-state index contributed by atoms with van der Waals surface area (Å²) < 4.78 is 7.63. The largest absolute Gasteiger partial charge is 0.497 e. The second-order valence-electron chi connectivity index (χ2n) is 9.54. The molecule has 1 amide bonds. The minimum Gasteiger partial charge on any atom is -0.497 e. The number of imidazole rings is 1.